The van der Waals surface area contributed by atoms with Gasteiger partial charge in [0.15, 0.2) is 0 Å². The molecule has 0 saturated heterocycles. The standard InChI is InChI=1S/C29H34N4O3/c34-28(32-17-19-36-26-11-5-4-6-12-26)23-13-14-27-25(20-23)22-30-15-7-2-1-3-8-18-33(27)29(35)24-10-9-16-31-21-24/h4-6,9-14,16,20-21,30H,1-3,7-8,15,17-19,22H2,(H,32,34). The molecule has 1 aliphatic rings. The summed E-state index contributed by atoms with van der Waals surface area (Å²) in [7, 11) is 0. The Bertz CT molecular complexity index is 1120. The van der Waals surface area contributed by atoms with Gasteiger partial charge < -0.3 is 20.3 Å². The van der Waals surface area contributed by atoms with E-state index in [9.17, 15) is 9.59 Å². The number of nitrogens with zero attached hydrogens (tertiary/aromatic N) is 2. The van der Waals surface area contributed by atoms with Gasteiger partial charge in [0.05, 0.1) is 12.1 Å². The Morgan fingerprint density at radius 1 is 0.944 bits per heavy atom. The summed E-state index contributed by atoms with van der Waals surface area (Å²) in [4.78, 5) is 32.3. The number of hydrogen-bond acceptors (Lipinski definition) is 5. The Morgan fingerprint density at radius 3 is 2.61 bits per heavy atom. The predicted octanol–water partition coefficient (Wildman–Crippen LogP) is 4.59. The monoisotopic (exact) mass is 486 g/mol. The zero-order valence-corrected chi connectivity index (χ0v) is 20.6. The molecule has 1 aromatic heterocycles. The van der Waals surface area contributed by atoms with Crippen LogP contribution in [0.1, 0.15) is 58.4 Å². The third-order valence-corrected chi connectivity index (χ3v) is 6.24. The molecule has 0 spiro atoms. The number of aromatic nitrogens is 1. The van der Waals surface area contributed by atoms with Gasteiger partial charge in [-0.2, -0.15) is 0 Å². The van der Waals surface area contributed by atoms with E-state index >= 15 is 0 Å². The number of fused-ring (bicyclic) bond motifs is 1. The summed E-state index contributed by atoms with van der Waals surface area (Å²) in [5, 5.41) is 6.42. The van der Waals surface area contributed by atoms with Crippen LogP contribution in [0.2, 0.25) is 0 Å². The van der Waals surface area contributed by atoms with E-state index in [1.165, 1.54) is 6.42 Å². The van der Waals surface area contributed by atoms with E-state index in [-0.39, 0.29) is 11.8 Å². The number of nitrogens with one attached hydrogen (secondary N) is 2. The molecule has 7 nitrogen and oxygen atoms in total. The van der Waals surface area contributed by atoms with Gasteiger partial charge in [0, 0.05) is 36.7 Å². The molecule has 2 amide bonds. The van der Waals surface area contributed by atoms with E-state index in [1.54, 1.807) is 30.6 Å². The van der Waals surface area contributed by atoms with Crippen LogP contribution in [0.25, 0.3) is 0 Å². The number of hydrogen-bond donors (Lipinski definition) is 2. The second-order valence-electron chi connectivity index (χ2n) is 8.90. The molecule has 36 heavy (non-hydrogen) atoms. The third kappa shape index (κ3) is 7.15. The van der Waals surface area contributed by atoms with E-state index in [0.29, 0.717) is 37.4 Å². The average molecular weight is 487 g/mol. The molecule has 188 valence electrons. The van der Waals surface area contributed by atoms with Gasteiger partial charge in [-0.1, -0.05) is 37.5 Å². The van der Waals surface area contributed by atoms with Crippen LogP contribution in [0.5, 0.6) is 5.75 Å². The Balaban J connectivity index is 1.50. The average Bonchev–Trinajstić information content (AvgIpc) is 2.92. The number of carbonyl (C=O) groups excluding carboxylic acids is 2. The predicted molar refractivity (Wildman–Crippen MR) is 141 cm³/mol. The number of rotatable bonds is 6. The number of ether oxygens (including phenoxy) is 1. The van der Waals surface area contributed by atoms with Gasteiger partial charge in [-0.3, -0.25) is 14.6 Å². The molecule has 2 aromatic carbocycles. The summed E-state index contributed by atoms with van der Waals surface area (Å²) < 4.78 is 5.67. The van der Waals surface area contributed by atoms with E-state index in [1.807, 2.05) is 47.4 Å². The number of anilines is 1. The molecule has 0 radical (unpaired) electrons. The van der Waals surface area contributed by atoms with Crippen molar-refractivity contribution < 1.29 is 14.3 Å². The van der Waals surface area contributed by atoms with E-state index in [2.05, 4.69) is 15.6 Å². The maximum atomic E-state index is 13.5. The third-order valence-electron chi connectivity index (χ3n) is 6.24. The Hall–Kier alpha value is -3.71. The molecular weight excluding hydrogens is 452 g/mol. The van der Waals surface area contributed by atoms with Crippen molar-refractivity contribution in [2.75, 3.05) is 31.1 Å². The van der Waals surface area contributed by atoms with Crippen LogP contribution >= 0.6 is 0 Å². The first-order valence-electron chi connectivity index (χ1n) is 12.7. The van der Waals surface area contributed by atoms with Crippen LogP contribution in [0, 0.1) is 0 Å². The lowest BCUT2D eigenvalue weighted by Gasteiger charge is -2.26. The zero-order chi connectivity index (χ0) is 25.0. The van der Waals surface area contributed by atoms with Gasteiger partial charge in [0.25, 0.3) is 11.8 Å². The van der Waals surface area contributed by atoms with Gasteiger partial charge in [-0.15, -0.1) is 0 Å². The summed E-state index contributed by atoms with van der Waals surface area (Å²) in [5.74, 6) is 0.540. The van der Waals surface area contributed by atoms with Crippen molar-refractivity contribution in [3.05, 3.63) is 89.7 Å². The highest BCUT2D eigenvalue weighted by Gasteiger charge is 2.22. The number of para-hydroxylation sites is 1. The minimum atomic E-state index is -0.161. The first-order valence-corrected chi connectivity index (χ1v) is 12.7. The maximum absolute atomic E-state index is 13.5. The highest BCUT2D eigenvalue weighted by atomic mass is 16.5. The maximum Gasteiger partial charge on any atom is 0.259 e. The molecule has 2 N–H and O–H groups in total. The minimum Gasteiger partial charge on any atom is -0.492 e. The molecule has 4 rings (SSSR count). The fourth-order valence-electron chi connectivity index (χ4n) is 4.33. The lowest BCUT2D eigenvalue weighted by atomic mass is 10.0. The molecule has 1 aliphatic heterocycles. The smallest absolute Gasteiger partial charge is 0.259 e. The SMILES string of the molecule is O=C(NCCOc1ccccc1)c1ccc2c(c1)CNCCCCCCCN2C(=O)c1cccnc1. The van der Waals surface area contributed by atoms with Crippen molar-refractivity contribution in [2.24, 2.45) is 0 Å². The van der Waals surface area contributed by atoms with Crippen LogP contribution in [0.15, 0.2) is 73.1 Å². The Kier molecular flexibility index (Phi) is 9.45. The summed E-state index contributed by atoms with van der Waals surface area (Å²) in [6.45, 7) is 2.90. The normalized spacial score (nSPS) is 14.6. The highest BCUT2D eigenvalue weighted by Crippen LogP contribution is 2.26. The molecule has 0 aliphatic carbocycles. The van der Waals surface area contributed by atoms with Crippen molar-refractivity contribution in [2.45, 2.75) is 38.6 Å². The minimum absolute atomic E-state index is 0.0725. The van der Waals surface area contributed by atoms with Gasteiger partial charge in [0.1, 0.15) is 12.4 Å². The molecule has 0 saturated carbocycles. The van der Waals surface area contributed by atoms with Crippen molar-refractivity contribution in [3.63, 3.8) is 0 Å². The molecule has 0 unspecified atom stereocenters. The molecule has 0 bridgehead atoms. The zero-order valence-electron chi connectivity index (χ0n) is 20.6. The summed E-state index contributed by atoms with van der Waals surface area (Å²) in [5.41, 5.74) is 2.89. The van der Waals surface area contributed by atoms with Crippen LogP contribution < -0.4 is 20.3 Å². The molecule has 2 heterocycles. The first-order chi connectivity index (χ1) is 17.7. The van der Waals surface area contributed by atoms with Crippen LogP contribution in [-0.4, -0.2) is 43.0 Å². The van der Waals surface area contributed by atoms with Gasteiger partial charge in [-0.05, 0) is 67.4 Å². The molecule has 0 atom stereocenters. The fourth-order valence-corrected chi connectivity index (χ4v) is 4.33. The second-order valence-corrected chi connectivity index (χ2v) is 8.90. The fraction of sp³-hybridized carbons (Fsp3) is 0.345. The highest BCUT2D eigenvalue weighted by molar-refractivity contribution is 6.06. The van der Waals surface area contributed by atoms with Crippen molar-refractivity contribution in [1.82, 2.24) is 15.6 Å². The summed E-state index contributed by atoms with van der Waals surface area (Å²) in [6, 6.07) is 18.7. The molecule has 7 heteroatoms. The molecule has 0 fully saturated rings. The summed E-state index contributed by atoms with van der Waals surface area (Å²) >= 11 is 0. The summed E-state index contributed by atoms with van der Waals surface area (Å²) in [6.07, 6.45) is 8.74. The van der Waals surface area contributed by atoms with Crippen molar-refractivity contribution in [3.8, 4) is 5.75 Å². The first kappa shape index (κ1) is 25.4. The van der Waals surface area contributed by atoms with E-state index in [0.717, 1.165) is 49.2 Å². The Morgan fingerprint density at radius 2 is 1.78 bits per heavy atom. The van der Waals surface area contributed by atoms with E-state index < -0.39 is 0 Å². The van der Waals surface area contributed by atoms with E-state index in [4.69, 9.17) is 4.74 Å². The van der Waals surface area contributed by atoms with Crippen molar-refractivity contribution in [1.29, 1.82) is 0 Å². The number of pyridine rings is 1. The van der Waals surface area contributed by atoms with Crippen molar-refractivity contribution >= 4 is 17.5 Å². The van der Waals surface area contributed by atoms with Gasteiger partial charge >= 0.3 is 0 Å². The number of carbonyl (C=O) groups is 2. The quantitative estimate of drug-likeness (QED) is 0.498. The van der Waals surface area contributed by atoms with Crippen LogP contribution in [-0.2, 0) is 6.54 Å². The van der Waals surface area contributed by atoms with Gasteiger partial charge in [-0.25, -0.2) is 0 Å². The topological polar surface area (TPSA) is 83.6 Å². The number of benzene rings is 2. The lowest BCUT2D eigenvalue weighted by Crippen LogP contribution is -2.34. The largest absolute Gasteiger partial charge is 0.492 e. The Labute approximate surface area is 212 Å². The molecule has 3 aromatic rings. The number of amides is 2. The molecular formula is C29H34N4O3. The lowest BCUT2D eigenvalue weighted by molar-refractivity contribution is 0.0946. The van der Waals surface area contributed by atoms with Gasteiger partial charge in [0.2, 0.25) is 0 Å². The van der Waals surface area contributed by atoms with Crippen LogP contribution in [0.3, 0.4) is 0 Å². The van der Waals surface area contributed by atoms with Crippen LogP contribution in [0.4, 0.5) is 5.69 Å². The second kappa shape index (κ2) is 13.4.